The van der Waals surface area contributed by atoms with Gasteiger partial charge in [-0.1, -0.05) is 42.0 Å². The largest absolute Gasteiger partial charge is 0.465 e. The van der Waals surface area contributed by atoms with Crippen LogP contribution in [0.1, 0.15) is 27.0 Å². The third-order valence-electron chi connectivity index (χ3n) is 3.62. The summed E-state index contributed by atoms with van der Waals surface area (Å²) in [7, 11) is 1.41. The normalized spacial score (nSPS) is 15.7. The highest BCUT2D eigenvalue weighted by atomic mass is 32.2. The molecule has 0 radical (unpaired) electrons. The molecular weight excluding hydrogens is 312 g/mol. The van der Waals surface area contributed by atoms with E-state index in [1.54, 1.807) is 29.6 Å². The van der Waals surface area contributed by atoms with Crippen molar-refractivity contribution in [3.63, 3.8) is 0 Å². The molecule has 4 heteroatoms. The lowest BCUT2D eigenvalue weighted by molar-refractivity contribution is 0.0600. The average Bonchev–Trinajstić information content (AvgIpc) is 3.06. The van der Waals surface area contributed by atoms with Crippen molar-refractivity contribution in [2.45, 2.75) is 11.0 Å². The van der Waals surface area contributed by atoms with Crippen LogP contribution in [-0.4, -0.2) is 13.1 Å². The number of benzene rings is 2. The molecule has 0 amide bonds. The second-order valence-corrected chi connectivity index (χ2v) is 7.56. The van der Waals surface area contributed by atoms with E-state index in [-0.39, 0.29) is 10.0 Å². The topological polar surface area (TPSA) is 26.3 Å². The van der Waals surface area contributed by atoms with Gasteiger partial charge >= 0.3 is 5.97 Å². The molecule has 112 valence electrons. The molecule has 1 aliphatic rings. The quantitative estimate of drug-likeness (QED) is 0.746. The first-order valence-electron chi connectivity index (χ1n) is 6.92. The van der Waals surface area contributed by atoms with Gasteiger partial charge in [0.25, 0.3) is 0 Å². The Morgan fingerprint density at radius 2 is 1.68 bits per heavy atom. The van der Waals surface area contributed by atoms with E-state index in [2.05, 4.69) is 48.1 Å². The minimum Gasteiger partial charge on any atom is -0.465 e. The van der Waals surface area contributed by atoms with Gasteiger partial charge in [-0.05, 0) is 41.0 Å². The Labute approximate surface area is 139 Å². The Balaban J connectivity index is 2.08. The lowest BCUT2D eigenvalue weighted by Crippen LogP contribution is -2.17. The SMILES string of the molecule is COC(=O)c1cccc(C2(c3ccc(C)cc3)SC=CS2)c1. The molecule has 22 heavy (non-hydrogen) atoms. The van der Waals surface area contributed by atoms with Crippen molar-refractivity contribution < 1.29 is 9.53 Å². The summed E-state index contributed by atoms with van der Waals surface area (Å²) in [5.74, 6) is -0.304. The highest BCUT2D eigenvalue weighted by Gasteiger charge is 2.37. The summed E-state index contributed by atoms with van der Waals surface area (Å²) in [4.78, 5) is 11.8. The first-order chi connectivity index (χ1) is 10.7. The van der Waals surface area contributed by atoms with Crippen molar-refractivity contribution >= 4 is 29.5 Å². The summed E-state index contributed by atoms with van der Waals surface area (Å²) < 4.78 is 4.60. The van der Waals surface area contributed by atoms with Crippen LogP contribution in [0.2, 0.25) is 0 Å². The van der Waals surface area contributed by atoms with Crippen molar-refractivity contribution in [1.29, 1.82) is 0 Å². The molecule has 1 heterocycles. The third kappa shape index (κ3) is 2.69. The van der Waals surface area contributed by atoms with Gasteiger partial charge in [0.05, 0.1) is 12.7 Å². The van der Waals surface area contributed by atoms with Crippen LogP contribution in [0.25, 0.3) is 0 Å². The Hall–Kier alpha value is -1.65. The average molecular weight is 328 g/mol. The van der Waals surface area contributed by atoms with E-state index in [1.807, 2.05) is 12.1 Å². The van der Waals surface area contributed by atoms with E-state index < -0.39 is 0 Å². The third-order valence-corrected chi connectivity index (χ3v) is 6.52. The Morgan fingerprint density at radius 1 is 1.00 bits per heavy atom. The van der Waals surface area contributed by atoms with Gasteiger partial charge in [-0.2, -0.15) is 0 Å². The van der Waals surface area contributed by atoms with E-state index in [0.29, 0.717) is 5.56 Å². The zero-order chi connectivity index (χ0) is 15.6. The molecule has 1 aliphatic heterocycles. The maximum Gasteiger partial charge on any atom is 0.337 e. The molecule has 0 saturated heterocycles. The molecule has 0 saturated carbocycles. The molecule has 0 aliphatic carbocycles. The minimum absolute atomic E-state index is 0.238. The molecule has 2 aromatic carbocycles. The molecule has 2 nitrogen and oxygen atoms in total. The van der Waals surface area contributed by atoms with Crippen molar-refractivity contribution in [3.8, 4) is 0 Å². The molecule has 0 atom stereocenters. The molecule has 2 aromatic rings. The van der Waals surface area contributed by atoms with Gasteiger partial charge in [0, 0.05) is 0 Å². The monoisotopic (exact) mass is 328 g/mol. The van der Waals surface area contributed by atoms with Crippen LogP contribution >= 0.6 is 23.5 Å². The maximum absolute atomic E-state index is 11.8. The van der Waals surface area contributed by atoms with Crippen LogP contribution in [0.15, 0.2) is 59.3 Å². The number of esters is 1. The number of aryl methyl sites for hydroxylation is 1. The van der Waals surface area contributed by atoms with E-state index >= 15 is 0 Å². The number of ether oxygens (including phenoxy) is 1. The van der Waals surface area contributed by atoms with E-state index in [9.17, 15) is 4.79 Å². The van der Waals surface area contributed by atoms with Crippen LogP contribution < -0.4 is 0 Å². The predicted molar refractivity (Wildman–Crippen MR) is 94.1 cm³/mol. The summed E-state index contributed by atoms with van der Waals surface area (Å²) in [5, 5.41) is 4.21. The van der Waals surface area contributed by atoms with Crippen LogP contribution in [0.3, 0.4) is 0 Å². The van der Waals surface area contributed by atoms with Gasteiger partial charge in [0.1, 0.15) is 4.08 Å². The van der Waals surface area contributed by atoms with Crippen molar-refractivity contribution in [2.75, 3.05) is 7.11 Å². The molecule has 3 rings (SSSR count). The second kappa shape index (κ2) is 6.23. The fraction of sp³-hybridized carbons (Fsp3) is 0.167. The molecule has 0 bridgehead atoms. The first-order valence-corrected chi connectivity index (χ1v) is 8.68. The summed E-state index contributed by atoms with van der Waals surface area (Å²) in [6.45, 7) is 2.08. The van der Waals surface area contributed by atoms with Gasteiger partial charge < -0.3 is 4.74 Å². The van der Waals surface area contributed by atoms with Gasteiger partial charge in [-0.25, -0.2) is 4.79 Å². The van der Waals surface area contributed by atoms with Crippen molar-refractivity contribution in [1.82, 2.24) is 0 Å². The molecule has 0 N–H and O–H groups in total. The standard InChI is InChI=1S/C18H16O2S2/c1-13-6-8-15(9-7-13)18(21-10-11-22-18)16-5-3-4-14(12-16)17(19)20-2/h3-12H,1-2H3. The summed E-state index contributed by atoms with van der Waals surface area (Å²) in [6, 6.07) is 16.3. The Bertz CT molecular complexity index is 712. The van der Waals surface area contributed by atoms with Crippen LogP contribution in [0.4, 0.5) is 0 Å². The first kappa shape index (κ1) is 15.3. The molecule has 0 unspecified atom stereocenters. The summed E-state index contributed by atoms with van der Waals surface area (Å²) >= 11 is 3.52. The fourth-order valence-electron chi connectivity index (χ4n) is 2.46. The molecule has 0 spiro atoms. The van der Waals surface area contributed by atoms with Gasteiger partial charge in [0.15, 0.2) is 0 Å². The van der Waals surface area contributed by atoms with Gasteiger partial charge in [-0.3, -0.25) is 0 Å². The summed E-state index contributed by atoms with van der Waals surface area (Å²) in [5.41, 5.74) is 4.14. The molecule has 0 aromatic heterocycles. The van der Waals surface area contributed by atoms with E-state index in [4.69, 9.17) is 4.74 Å². The lowest BCUT2D eigenvalue weighted by Gasteiger charge is -2.28. The van der Waals surface area contributed by atoms with E-state index in [0.717, 1.165) is 5.56 Å². The van der Waals surface area contributed by atoms with Crippen LogP contribution in [0, 0.1) is 6.92 Å². The molecular formula is C18H16O2S2. The number of thioether (sulfide) groups is 2. The minimum atomic E-state index is -0.304. The van der Waals surface area contributed by atoms with Crippen LogP contribution in [0.5, 0.6) is 0 Å². The Morgan fingerprint density at radius 3 is 2.32 bits per heavy atom. The lowest BCUT2D eigenvalue weighted by atomic mass is 10.0. The highest BCUT2D eigenvalue weighted by molar-refractivity contribution is 8.23. The summed E-state index contributed by atoms with van der Waals surface area (Å²) in [6.07, 6.45) is 0. The highest BCUT2D eigenvalue weighted by Crippen LogP contribution is 2.57. The van der Waals surface area contributed by atoms with Crippen molar-refractivity contribution in [2.24, 2.45) is 0 Å². The maximum atomic E-state index is 11.8. The van der Waals surface area contributed by atoms with Gasteiger partial charge in [-0.15, -0.1) is 23.5 Å². The predicted octanol–water partition coefficient (Wildman–Crippen LogP) is 4.93. The number of carbonyl (C=O) groups excluding carboxylic acids is 1. The number of carbonyl (C=O) groups is 1. The zero-order valence-corrected chi connectivity index (χ0v) is 14.0. The number of hydrogen-bond donors (Lipinski definition) is 0. The Kier molecular flexibility index (Phi) is 4.32. The van der Waals surface area contributed by atoms with Crippen LogP contribution in [-0.2, 0) is 8.82 Å². The van der Waals surface area contributed by atoms with Gasteiger partial charge in [0.2, 0.25) is 0 Å². The number of methoxy groups -OCH3 is 1. The zero-order valence-electron chi connectivity index (χ0n) is 12.4. The smallest absolute Gasteiger partial charge is 0.337 e. The van der Waals surface area contributed by atoms with Crippen molar-refractivity contribution in [3.05, 3.63) is 81.6 Å². The molecule has 0 fully saturated rings. The fourth-order valence-corrected chi connectivity index (χ4v) is 4.91. The number of rotatable bonds is 3. The number of hydrogen-bond acceptors (Lipinski definition) is 4. The second-order valence-electron chi connectivity index (χ2n) is 5.06. The van der Waals surface area contributed by atoms with E-state index in [1.165, 1.54) is 18.2 Å².